The molecule has 2 saturated heterocycles. The summed E-state index contributed by atoms with van der Waals surface area (Å²) in [5, 5.41) is 9.45. The largest absolute Gasteiger partial charge is 0.295 e. The van der Waals surface area contributed by atoms with E-state index in [4.69, 9.17) is 10.2 Å². The van der Waals surface area contributed by atoms with Crippen molar-refractivity contribution in [3.63, 3.8) is 0 Å². The van der Waals surface area contributed by atoms with Gasteiger partial charge in [0.15, 0.2) is 11.6 Å². The van der Waals surface area contributed by atoms with Crippen molar-refractivity contribution in [2.45, 2.75) is 67.5 Å². The van der Waals surface area contributed by atoms with Gasteiger partial charge < -0.3 is 0 Å². The second-order valence-electron chi connectivity index (χ2n) is 10.6. The van der Waals surface area contributed by atoms with Crippen LogP contribution >= 0.6 is 0 Å². The Morgan fingerprint density at radius 2 is 1.03 bits per heavy atom. The van der Waals surface area contributed by atoms with Crippen molar-refractivity contribution in [2.75, 3.05) is 26.2 Å². The molecule has 2 aliphatic heterocycles. The standard InChI is InChI=1S/C24H40N6/c1-17-9-18(2)12-27(11-17)15-23-25-26-24(16-28-13-19(3)10-20(4)14-28)30(23)29-21(5)7-8-22(29)6/h7-8,17-20H,9-16H2,1-6H3/t17-,18-,19-,20+/m1/s1. The van der Waals surface area contributed by atoms with Crippen LogP contribution in [-0.2, 0) is 13.1 Å². The summed E-state index contributed by atoms with van der Waals surface area (Å²) in [5.41, 5.74) is 2.46. The lowest BCUT2D eigenvalue weighted by atomic mass is 9.92. The number of nitrogens with zero attached hydrogens (tertiary/aromatic N) is 6. The molecule has 0 amide bonds. The molecule has 2 aromatic heterocycles. The molecule has 4 atom stereocenters. The summed E-state index contributed by atoms with van der Waals surface area (Å²) in [6.45, 7) is 20.2. The molecule has 4 rings (SSSR count). The van der Waals surface area contributed by atoms with Gasteiger partial charge in [-0.05, 0) is 62.5 Å². The molecule has 0 aliphatic carbocycles. The Bertz CT molecular complexity index is 767. The van der Waals surface area contributed by atoms with Gasteiger partial charge in [0.05, 0.1) is 13.1 Å². The quantitative estimate of drug-likeness (QED) is 0.745. The number of aryl methyl sites for hydroxylation is 2. The molecule has 4 heterocycles. The Labute approximate surface area is 182 Å². The van der Waals surface area contributed by atoms with Crippen molar-refractivity contribution < 1.29 is 0 Å². The fraction of sp³-hybridized carbons (Fsp3) is 0.750. The van der Waals surface area contributed by atoms with Gasteiger partial charge >= 0.3 is 0 Å². The second kappa shape index (κ2) is 8.83. The third-order valence-electron chi connectivity index (χ3n) is 6.82. The number of hydrogen-bond acceptors (Lipinski definition) is 4. The molecular formula is C24H40N6. The van der Waals surface area contributed by atoms with Gasteiger partial charge in [-0.2, -0.15) is 0 Å². The first-order valence-electron chi connectivity index (χ1n) is 11.8. The molecule has 0 N–H and O–H groups in total. The molecule has 166 valence electrons. The zero-order valence-electron chi connectivity index (χ0n) is 19.8. The monoisotopic (exact) mass is 412 g/mol. The third-order valence-corrected chi connectivity index (χ3v) is 6.82. The summed E-state index contributed by atoms with van der Waals surface area (Å²) >= 11 is 0. The van der Waals surface area contributed by atoms with Gasteiger partial charge in [-0.25, -0.2) is 4.68 Å². The summed E-state index contributed by atoms with van der Waals surface area (Å²) in [7, 11) is 0. The Morgan fingerprint density at radius 1 is 0.667 bits per heavy atom. The first-order valence-corrected chi connectivity index (χ1v) is 11.8. The van der Waals surface area contributed by atoms with Crippen LogP contribution in [0.1, 0.15) is 63.6 Å². The highest BCUT2D eigenvalue weighted by molar-refractivity contribution is 5.16. The third kappa shape index (κ3) is 4.65. The van der Waals surface area contributed by atoms with E-state index < -0.39 is 0 Å². The Hall–Kier alpha value is -1.66. The smallest absolute Gasteiger partial charge is 0.167 e. The lowest BCUT2D eigenvalue weighted by Gasteiger charge is -2.35. The average molecular weight is 413 g/mol. The van der Waals surface area contributed by atoms with Crippen LogP contribution in [0, 0.1) is 37.5 Å². The van der Waals surface area contributed by atoms with E-state index in [1.807, 2.05) is 0 Å². The van der Waals surface area contributed by atoms with Crippen LogP contribution in [0.2, 0.25) is 0 Å². The molecule has 0 unspecified atom stereocenters. The minimum Gasteiger partial charge on any atom is -0.295 e. The van der Waals surface area contributed by atoms with Crippen molar-refractivity contribution in [3.8, 4) is 0 Å². The van der Waals surface area contributed by atoms with E-state index in [1.165, 1.54) is 24.2 Å². The fourth-order valence-corrected chi connectivity index (χ4v) is 6.00. The van der Waals surface area contributed by atoms with Gasteiger partial charge in [-0.15, -0.1) is 10.2 Å². The molecule has 0 radical (unpaired) electrons. The van der Waals surface area contributed by atoms with E-state index in [0.29, 0.717) is 0 Å². The van der Waals surface area contributed by atoms with Crippen molar-refractivity contribution in [1.82, 2.24) is 29.3 Å². The average Bonchev–Trinajstić information content (AvgIpc) is 3.15. The van der Waals surface area contributed by atoms with Gasteiger partial charge in [-0.3, -0.25) is 14.5 Å². The molecule has 30 heavy (non-hydrogen) atoms. The normalized spacial score (nSPS) is 28.9. The SMILES string of the molecule is Cc1ccc(C)n1-n1c(CN2C[C@H](C)C[C@@H](C)C2)nnc1CN1C[C@H](C)C[C@H](C)C1. The molecular weight excluding hydrogens is 372 g/mol. The van der Waals surface area contributed by atoms with Crippen molar-refractivity contribution in [1.29, 1.82) is 0 Å². The number of aromatic nitrogens is 4. The molecule has 6 nitrogen and oxygen atoms in total. The van der Waals surface area contributed by atoms with E-state index in [9.17, 15) is 0 Å². The molecule has 6 heteroatoms. The zero-order chi connectivity index (χ0) is 21.4. The van der Waals surface area contributed by atoms with E-state index >= 15 is 0 Å². The van der Waals surface area contributed by atoms with Crippen molar-refractivity contribution in [2.24, 2.45) is 23.7 Å². The lowest BCUT2D eigenvalue weighted by molar-refractivity contribution is 0.125. The molecule has 0 saturated carbocycles. The van der Waals surface area contributed by atoms with Crippen LogP contribution in [-0.4, -0.2) is 55.5 Å². The maximum atomic E-state index is 4.73. The van der Waals surface area contributed by atoms with Crippen molar-refractivity contribution >= 4 is 0 Å². The minimum atomic E-state index is 0.746. The summed E-state index contributed by atoms with van der Waals surface area (Å²) in [4.78, 5) is 5.14. The summed E-state index contributed by atoms with van der Waals surface area (Å²) in [6.07, 6.45) is 2.66. The molecule has 2 aromatic rings. The highest BCUT2D eigenvalue weighted by Crippen LogP contribution is 2.25. The summed E-state index contributed by atoms with van der Waals surface area (Å²) in [6, 6.07) is 4.39. The Morgan fingerprint density at radius 3 is 1.40 bits per heavy atom. The van der Waals surface area contributed by atoms with Crippen LogP contribution in [0.5, 0.6) is 0 Å². The topological polar surface area (TPSA) is 42.1 Å². The first kappa shape index (κ1) is 21.6. The maximum absolute atomic E-state index is 4.73. The fourth-order valence-electron chi connectivity index (χ4n) is 6.00. The van der Waals surface area contributed by atoms with Gasteiger partial charge in [0.1, 0.15) is 0 Å². The predicted molar refractivity (Wildman–Crippen MR) is 121 cm³/mol. The second-order valence-corrected chi connectivity index (χ2v) is 10.6. The van der Waals surface area contributed by atoms with Gasteiger partial charge in [0, 0.05) is 37.6 Å². The first-order chi connectivity index (χ1) is 14.3. The van der Waals surface area contributed by atoms with Gasteiger partial charge in [0.25, 0.3) is 0 Å². The van der Waals surface area contributed by atoms with E-state index in [1.54, 1.807) is 0 Å². The molecule has 0 aromatic carbocycles. The Balaban J connectivity index is 1.64. The maximum Gasteiger partial charge on any atom is 0.167 e. The minimum absolute atomic E-state index is 0.746. The van der Waals surface area contributed by atoms with Gasteiger partial charge in [0.2, 0.25) is 0 Å². The highest BCUT2D eigenvalue weighted by atomic mass is 15.5. The summed E-state index contributed by atoms with van der Waals surface area (Å²) in [5.74, 6) is 5.11. The number of likely N-dealkylation sites (tertiary alicyclic amines) is 2. The van der Waals surface area contributed by atoms with Crippen LogP contribution in [0.25, 0.3) is 0 Å². The van der Waals surface area contributed by atoms with Crippen LogP contribution in [0.4, 0.5) is 0 Å². The predicted octanol–water partition coefficient (Wildman–Crippen LogP) is 3.96. The van der Waals surface area contributed by atoms with Crippen LogP contribution in [0.3, 0.4) is 0 Å². The number of hydrogen-bond donors (Lipinski definition) is 0. The molecule has 0 spiro atoms. The Kier molecular flexibility index (Phi) is 6.35. The molecule has 2 aliphatic rings. The number of piperidine rings is 2. The molecule has 2 fully saturated rings. The zero-order valence-corrected chi connectivity index (χ0v) is 19.8. The summed E-state index contributed by atoms with van der Waals surface area (Å²) < 4.78 is 4.61. The van der Waals surface area contributed by atoms with E-state index in [2.05, 4.69) is 72.8 Å². The van der Waals surface area contributed by atoms with E-state index in [-0.39, 0.29) is 0 Å². The number of rotatable bonds is 5. The molecule has 0 bridgehead atoms. The highest BCUT2D eigenvalue weighted by Gasteiger charge is 2.27. The van der Waals surface area contributed by atoms with Crippen molar-refractivity contribution in [3.05, 3.63) is 35.2 Å². The van der Waals surface area contributed by atoms with Gasteiger partial charge in [-0.1, -0.05) is 27.7 Å². The van der Waals surface area contributed by atoms with Crippen LogP contribution in [0.15, 0.2) is 12.1 Å². The lowest BCUT2D eigenvalue weighted by Crippen LogP contribution is -2.40. The van der Waals surface area contributed by atoms with E-state index in [0.717, 1.165) is 74.6 Å². The van der Waals surface area contributed by atoms with Crippen LogP contribution < -0.4 is 0 Å².